The fourth-order valence-corrected chi connectivity index (χ4v) is 9.39. The highest BCUT2D eigenvalue weighted by Gasteiger charge is 2.69. The molecular formula is C29H44O8. The molecule has 0 aromatic heterocycles. The van der Waals surface area contributed by atoms with Gasteiger partial charge in [-0.05, 0) is 87.7 Å². The lowest BCUT2D eigenvalue weighted by Gasteiger charge is -2.60. The van der Waals surface area contributed by atoms with Crippen LogP contribution in [-0.4, -0.2) is 72.9 Å². The van der Waals surface area contributed by atoms with Crippen molar-refractivity contribution in [1.82, 2.24) is 0 Å². The molecule has 8 nitrogen and oxygen atoms in total. The van der Waals surface area contributed by atoms with E-state index in [1.165, 1.54) is 0 Å². The van der Waals surface area contributed by atoms with E-state index in [1.54, 1.807) is 19.9 Å². The molecule has 0 amide bonds. The first-order chi connectivity index (χ1) is 17.1. The van der Waals surface area contributed by atoms with Crippen molar-refractivity contribution in [2.75, 3.05) is 0 Å². The summed E-state index contributed by atoms with van der Waals surface area (Å²) in [5.74, 6) is -1.88. The predicted molar refractivity (Wildman–Crippen MR) is 134 cm³/mol. The second kappa shape index (κ2) is 8.59. The van der Waals surface area contributed by atoms with Gasteiger partial charge in [-0.3, -0.25) is 9.59 Å². The molecule has 13 atom stereocenters. The Hall–Kier alpha value is -1.32. The van der Waals surface area contributed by atoms with E-state index >= 15 is 0 Å². The molecule has 0 aromatic rings. The van der Waals surface area contributed by atoms with Gasteiger partial charge in [0.1, 0.15) is 6.10 Å². The molecule has 4 aliphatic carbocycles. The summed E-state index contributed by atoms with van der Waals surface area (Å²) in [5, 5.41) is 56.2. The fourth-order valence-electron chi connectivity index (χ4n) is 9.39. The van der Waals surface area contributed by atoms with Gasteiger partial charge >= 0.3 is 5.97 Å². The normalized spacial score (nSPS) is 51.9. The van der Waals surface area contributed by atoms with E-state index in [2.05, 4.69) is 0 Å². The lowest BCUT2D eigenvalue weighted by Crippen LogP contribution is -2.63. The smallest absolute Gasteiger partial charge is 0.309 e. The fraction of sp³-hybridized carbons (Fsp3) is 0.862. The molecule has 3 saturated carbocycles. The summed E-state index contributed by atoms with van der Waals surface area (Å²) in [6.45, 7) is 9.21. The number of ether oxygens (including phenoxy) is 1. The molecule has 5 rings (SSSR count). The molecule has 1 unspecified atom stereocenters. The molecule has 0 spiro atoms. The number of carbonyl (C=O) groups excluding carboxylic acids is 2. The Labute approximate surface area is 219 Å². The highest BCUT2D eigenvalue weighted by atomic mass is 16.6. The van der Waals surface area contributed by atoms with Gasteiger partial charge in [-0.25, -0.2) is 0 Å². The van der Waals surface area contributed by atoms with E-state index in [0.29, 0.717) is 37.7 Å². The van der Waals surface area contributed by atoms with Crippen LogP contribution in [0, 0.1) is 40.4 Å². The summed E-state index contributed by atoms with van der Waals surface area (Å²) in [5.41, 5.74) is -3.47. The second-order valence-corrected chi connectivity index (χ2v) is 13.7. The molecule has 1 saturated heterocycles. The Kier molecular flexibility index (Phi) is 6.33. The van der Waals surface area contributed by atoms with Crippen LogP contribution in [0.3, 0.4) is 0 Å². The van der Waals surface area contributed by atoms with Crippen molar-refractivity contribution >= 4 is 11.8 Å². The average molecular weight is 521 g/mol. The zero-order chi connectivity index (χ0) is 27.3. The minimum absolute atomic E-state index is 0.104. The summed E-state index contributed by atoms with van der Waals surface area (Å²) < 4.78 is 5.34. The van der Waals surface area contributed by atoms with Crippen molar-refractivity contribution in [2.24, 2.45) is 40.4 Å². The van der Waals surface area contributed by atoms with Crippen LogP contribution in [0.1, 0.15) is 79.6 Å². The molecule has 0 bridgehead atoms. The van der Waals surface area contributed by atoms with Crippen LogP contribution >= 0.6 is 0 Å². The van der Waals surface area contributed by atoms with Gasteiger partial charge in [-0.1, -0.05) is 20.8 Å². The molecule has 0 radical (unpaired) electrons. The number of ketones is 1. The third-order valence-electron chi connectivity index (χ3n) is 11.9. The van der Waals surface area contributed by atoms with E-state index < -0.39 is 52.2 Å². The molecule has 37 heavy (non-hydrogen) atoms. The van der Waals surface area contributed by atoms with Crippen molar-refractivity contribution in [3.8, 4) is 0 Å². The third kappa shape index (κ3) is 3.65. The Balaban J connectivity index is 1.44. The van der Waals surface area contributed by atoms with E-state index in [0.717, 1.165) is 0 Å². The van der Waals surface area contributed by atoms with Crippen molar-refractivity contribution in [1.29, 1.82) is 0 Å². The van der Waals surface area contributed by atoms with Crippen LogP contribution < -0.4 is 0 Å². The third-order valence-corrected chi connectivity index (χ3v) is 11.9. The maximum absolute atomic E-state index is 13.3. The van der Waals surface area contributed by atoms with Crippen molar-refractivity contribution < 1.29 is 39.9 Å². The maximum atomic E-state index is 13.3. The molecule has 1 heterocycles. The largest absolute Gasteiger partial charge is 0.462 e. The topological polar surface area (TPSA) is 145 Å². The summed E-state index contributed by atoms with van der Waals surface area (Å²) >= 11 is 0. The summed E-state index contributed by atoms with van der Waals surface area (Å²) in [4.78, 5) is 25.4. The maximum Gasteiger partial charge on any atom is 0.309 e. The highest BCUT2D eigenvalue weighted by Crippen LogP contribution is 2.68. The number of rotatable bonds is 4. The Morgan fingerprint density at radius 3 is 2.41 bits per heavy atom. The number of aliphatic hydroxyl groups excluding tert-OH is 3. The van der Waals surface area contributed by atoms with Crippen LogP contribution in [0.25, 0.3) is 0 Å². The first-order valence-corrected chi connectivity index (χ1v) is 14.0. The molecular weight excluding hydrogens is 476 g/mol. The molecule has 5 N–H and O–H groups in total. The number of carbonyl (C=O) groups is 2. The van der Waals surface area contributed by atoms with Gasteiger partial charge in [0.2, 0.25) is 0 Å². The molecule has 8 heteroatoms. The average Bonchev–Trinajstić information content (AvgIpc) is 3.23. The van der Waals surface area contributed by atoms with Crippen LogP contribution in [0.2, 0.25) is 0 Å². The predicted octanol–water partition coefficient (Wildman–Crippen LogP) is 1.89. The van der Waals surface area contributed by atoms with Crippen LogP contribution in [0.4, 0.5) is 0 Å². The first kappa shape index (κ1) is 27.3. The monoisotopic (exact) mass is 520 g/mol. The Bertz CT molecular complexity index is 1010. The van der Waals surface area contributed by atoms with Crippen molar-refractivity contribution in [3.05, 3.63) is 11.6 Å². The van der Waals surface area contributed by atoms with Gasteiger partial charge in [-0.15, -0.1) is 0 Å². The number of fused-ring (bicyclic) bond motifs is 5. The number of hydrogen-bond acceptors (Lipinski definition) is 8. The summed E-state index contributed by atoms with van der Waals surface area (Å²) in [7, 11) is 0. The van der Waals surface area contributed by atoms with E-state index in [1.807, 2.05) is 20.8 Å². The van der Waals surface area contributed by atoms with E-state index in [-0.39, 0.29) is 48.5 Å². The Morgan fingerprint density at radius 2 is 1.78 bits per heavy atom. The Morgan fingerprint density at radius 1 is 1.11 bits per heavy atom. The van der Waals surface area contributed by atoms with Crippen LogP contribution in [0.5, 0.6) is 0 Å². The van der Waals surface area contributed by atoms with Gasteiger partial charge in [0.25, 0.3) is 0 Å². The van der Waals surface area contributed by atoms with Gasteiger partial charge in [0.05, 0.1) is 35.4 Å². The quantitative estimate of drug-likeness (QED) is 0.354. The minimum atomic E-state index is -1.52. The lowest BCUT2D eigenvalue weighted by molar-refractivity contribution is -0.178. The zero-order valence-electron chi connectivity index (χ0n) is 22.7. The van der Waals surface area contributed by atoms with Gasteiger partial charge in [0, 0.05) is 17.3 Å². The number of cyclic esters (lactones) is 1. The number of esters is 1. The number of allylic oxidation sites excluding steroid dienone is 1. The van der Waals surface area contributed by atoms with Gasteiger partial charge in [0.15, 0.2) is 5.78 Å². The standard InChI is InChI=1S/C29H44O8/c1-14-16(15(2)37-25(14)34)10-24(33)28(5,35)23-7-9-29(36)18-11-20(30)19-12-21(31)22(32)13-26(19,3)17(18)6-8-27(23,29)4/h11,14-17,19,21-24,31-33,35-36H,6-10,12-13H2,1-5H3/t14-,15+,16-,17-,19-,21+,22-,23-,24+,26+,27+,28?,29+/m0/s1. The molecule has 0 aromatic carbocycles. The van der Waals surface area contributed by atoms with E-state index in [9.17, 15) is 35.1 Å². The second-order valence-electron chi connectivity index (χ2n) is 13.7. The number of aliphatic hydroxyl groups is 5. The van der Waals surface area contributed by atoms with Crippen LogP contribution in [0.15, 0.2) is 11.6 Å². The molecule has 1 aliphatic heterocycles. The van der Waals surface area contributed by atoms with Gasteiger partial charge in [-0.2, -0.15) is 0 Å². The summed E-state index contributed by atoms with van der Waals surface area (Å²) in [6.07, 6.45) is 1.21. The summed E-state index contributed by atoms with van der Waals surface area (Å²) in [6, 6.07) is 0. The lowest BCUT2D eigenvalue weighted by atomic mass is 9.45. The van der Waals surface area contributed by atoms with Gasteiger partial charge < -0.3 is 30.3 Å². The van der Waals surface area contributed by atoms with Crippen LogP contribution in [-0.2, 0) is 14.3 Å². The highest BCUT2D eigenvalue weighted by molar-refractivity contribution is 5.95. The van der Waals surface area contributed by atoms with Crippen molar-refractivity contribution in [2.45, 2.75) is 115 Å². The first-order valence-electron chi connectivity index (χ1n) is 14.0. The van der Waals surface area contributed by atoms with Crippen molar-refractivity contribution in [3.63, 3.8) is 0 Å². The molecule has 4 fully saturated rings. The SMILES string of the molecule is C[C@@H]1C(=O)O[C@H](C)[C@H]1C[C@@H](O)C(C)(O)[C@H]1CC[C@@]2(O)C3=CC(=O)[C@@H]4C[C@@H](O)[C@@H](O)C[C@]4(C)[C@H]3CC[C@]12C. The molecule has 5 aliphatic rings. The zero-order valence-corrected chi connectivity index (χ0v) is 22.7. The van der Waals surface area contributed by atoms with E-state index in [4.69, 9.17) is 4.74 Å². The number of hydrogen-bond donors (Lipinski definition) is 5. The minimum Gasteiger partial charge on any atom is -0.462 e. The molecule has 208 valence electrons.